The Balaban J connectivity index is 1.98. The summed E-state index contributed by atoms with van der Waals surface area (Å²) in [7, 11) is -2.56. The summed E-state index contributed by atoms with van der Waals surface area (Å²) in [6.45, 7) is 0.487. The molecule has 156 valence electrons. The van der Waals surface area contributed by atoms with Crippen LogP contribution in [0.25, 0.3) is 0 Å². The quantitative estimate of drug-likeness (QED) is 0.558. The van der Waals surface area contributed by atoms with Crippen molar-refractivity contribution in [3.05, 3.63) is 57.3 Å². The molecule has 1 aliphatic rings. The molecule has 2 N–H and O–H groups in total. The summed E-state index contributed by atoms with van der Waals surface area (Å²) in [5.41, 5.74) is 0.465. The van der Waals surface area contributed by atoms with E-state index in [-0.39, 0.29) is 35.1 Å². The average molecular weight is 486 g/mol. The Morgan fingerprint density at radius 1 is 1.31 bits per heavy atom. The zero-order chi connectivity index (χ0) is 21.2. The van der Waals surface area contributed by atoms with Crippen LogP contribution >= 0.6 is 15.9 Å². The molecule has 0 aromatic heterocycles. The number of sulfone groups is 1. The van der Waals surface area contributed by atoms with Crippen LogP contribution in [0.1, 0.15) is 40.2 Å². The Labute approximate surface area is 177 Å². The van der Waals surface area contributed by atoms with Gasteiger partial charge >= 0.3 is 0 Å². The maximum Gasteiger partial charge on any atom is 0.254 e. The summed E-state index contributed by atoms with van der Waals surface area (Å²) < 4.78 is 46.1. The van der Waals surface area contributed by atoms with E-state index in [2.05, 4.69) is 21.2 Å². The first-order valence-corrected chi connectivity index (χ1v) is 11.5. The van der Waals surface area contributed by atoms with Crippen LogP contribution in [0.2, 0.25) is 0 Å². The minimum atomic E-state index is -4.05. The predicted octanol–water partition coefficient (Wildman–Crippen LogP) is 3.52. The van der Waals surface area contributed by atoms with Crippen molar-refractivity contribution in [2.75, 3.05) is 20.3 Å². The Kier molecular flexibility index (Phi) is 6.60. The molecule has 0 radical (unpaired) electrons. The van der Waals surface area contributed by atoms with Crippen molar-refractivity contribution in [3.8, 4) is 5.75 Å². The Hall–Kier alpha value is -1.97. The van der Waals surface area contributed by atoms with E-state index in [0.717, 1.165) is 18.4 Å². The van der Waals surface area contributed by atoms with E-state index in [1.54, 1.807) is 0 Å². The van der Waals surface area contributed by atoms with Crippen LogP contribution in [0.4, 0.5) is 4.39 Å². The molecule has 2 aromatic rings. The second-order valence-corrected chi connectivity index (χ2v) is 9.81. The zero-order valence-electron chi connectivity index (χ0n) is 15.7. The fourth-order valence-corrected chi connectivity index (χ4v) is 4.99. The van der Waals surface area contributed by atoms with Gasteiger partial charge in [0.1, 0.15) is 16.5 Å². The number of nitrogens with one attached hydrogen (secondary N) is 1. The molecule has 0 spiro atoms. The Bertz CT molecular complexity index is 1040. The fraction of sp³-hybridized carbons (Fsp3) is 0.350. The lowest BCUT2D eigenvalue weighted by molar-refractivity contribution is 0.0932. The topological polar surface area (TPSA) is 92.7 Å². The van der Waals surface area contributed by atoms with Crippen LogP contribution in [0.15, 0.2) is 39.7 Å². The third kappa shape index (κ3) is 5.15. The number of ether oxygens (including phenoxy) is 1. The fourth-order valence-electron chi connectivity index (χ4n) is 3.01. The van der Waals surface area contributed by atoms with Gasteiger partial charge in [-0.15, -0.1) is 0 Å². The van der Waals surface area contributed by atoms with E-state index in [1.807, 2.05) is 0 Å². The molecular weight excluding hydrogens is 465 g/mol. The smallest absolute Gasteiger partial charge is 0.254 e. The molecule has 0 atom stereocenters. The maximum absolute atomic E-state index is 15.1. The van der Waals surface area contributed by atoms with Crippen LogP contribution in [-0.4, -0.2) is 39.7 Å². The molecule has 0 heterocycles. The largest absolute Gasteiger partial charge is 0.507 e. The molecule has 1 amide bonds. The number of amides is 1. The van der Waals surface area contributed by atoms with Gasteiger partial charge in [-0.05, 0) is 48.6 Å². The number of hydrogen-bond acceptors (Lipinski definition) is 5. The van der Waals surface area contributed by atoms with Crippen molar-refractivity contribution >= 4 is 31.7 Å². The van der Waals surface area contributed by atoms with Gasteiger partial charge in [0.05, 0.1) is 17.9 Å². The molecule has 0 unspecified atom stereocenters. The lowest BCUT2D eigenvalue weighted by atomic mass is 10.0. The Morgan fingerprint density at radius 2 is 2.03 bits per heavy atom. The predicted molar refractivity (Wildman–Crippen MR) is 109 cm³/mol. The van der Waals surface area contributed by atoms with Crippen molar-refractivity contribution < 1.29 is 27.4 Å². The lowest BCUT2D eigenvalue weighted by Gasteiger charge is -2.13. The maximum atomic E-state index is 15.1. The molecule has 3 rings (SSSR count). The van der Waals surface area contributed by atoms with Gasteiger partial charge in [0, 0.05) is 23.7 Å². The highest BCUT2D eigenvalue weighted by molar-refractivity contribution is 9.10. The molecule has 1 fully saturated rings. The second kappa shape index (κ2) is 8.81. The molecule has 9 heteroatoms. The van der Waals surface area contributed by atoms with Crippen molar-refractivity contribution in [3.63, 3.8) is 0 Å². The highest BCUT2D eigenvalue weighted by atomic mass is 79.9. The monoisotopic (exact) mass is 485 g/mol. The minimum Gasteiger partial charge on any atom is -0.507 e. The molecular formula is C20H21BrFNO5S. The van der Waals surface area contributed by atoms with Crippen LogP contribution in [0, 0.1) is 5.82 Å². The van der Waals surface area contributed by atoms with Gasteiger partial charge in [-0.1, -0.05) is 22.0 Å². The summed E-state index contributed by atoms with van der Waals surface area (Å²) in [4.78, 5) is 12.1. The molecule has 2 aromatic carbocycles. The van der Waals surface area contributed by atoms with Gasteiger partial charge in [-0.2, -0.15) is 0 Å². The summed E-state index contributed by atoms with van der Waals surface area (Å²) >= 11 is 3.18. The average Bonchev–Trinajstić information content (AvgIpc) is 3.50. The van der Waals surface area contributed by atoms with Gasteiger partial charge in [0.15, 0.2) is 9.84 Å². The van der Waals surface area contributed by atoms with E-state index in [1.165, 1.54) is 37.4 Å². The number of phenols is 1. The van der Waals surface area contributed by atoms with Crippen molar-refractivity contribution in [2.45, 2.75) is 29.4 Å². The highest BCUT2D eigenvalue weighted by Crippen LogP contribution is 2.41. The first-order valence-electron chi connectivity index (χ1n) is 9.03. The van der Waals surface area contributed by atoms with Crippen LogP contribution in [-0.2, 0) is 20.3 Å². The summed E-state index contributed by atoms with van der Waals surface area (Å²) in [6, 6.07) is 7.02. The molecule has 0 saturated heterocycles. The first-order chi connectivity index (χ1) is 13.7. The normalized spacial score (nSPS) is 14.0. The van der Waals surface area contributed by atoms with Gasteiger partial charge in [-0.3, -0.25) is 4.79 Å². The molecule has 0 aliphatic heterocycles. The van der Waals surface area contributed by atoms with Crippen LogP contribution in [0.5, 0.6) is 5.75 Å². The van der Waals surface area contributed by atoms with Crippen LogP contribution < -0.4 is 5.32 Å². The first kappa shape index (κ1) is 21.7. The number of aromatic hydroxyl groups is 1. The third-order valence-corrected chi connectivity index (χ3v) is 6.84. The number of halogens is 2. The summed E-state index contributed by atoms with van der Waals surface area (Å²) in [5, 5.41) is 12.5. The highest BCUT2D eigenvalue weighted by Gasteiger charge is 2.29. The molecule has 6 nitrogen and oxygen atoms in total. The van der Waals surface area contributed by atoms with Gasteiger partial charge in [0.25, 0.3) is 5.91 Å². The lowest BCUT2D eigenvalue weighted by Crippen LogP contribution is -2.28. The van der Waals surface area contributed by atoms with E-state index in [9.17, 15) is 18.3 Å². The second-order valence-electron chi connectivity index (χ2n) is 6.94. The summed E-state index contributed by atoms with van der Waals surface area (Å²) in [6.07, 6.45) is 1.82. The van der Waals surface area contributed by atoms with Gasteiger partial charge < -0.3 is 15.2 Å². The van der Waals surface area contributed by atoms with Crippen molar-refractivity contribution in [2.24, 2.45) is 0 Å². The standard InChI is InChI=1S/C20H21BrFNO5S/c1-28-7-6-23-20(25)16-9-13(12-2-3-12)8-14(19(16)22)11-29(26,27)18-10-15(21)4-5-17(18)24/h4-5,8-10,12,24H,2-3,6-7,11H2,1H3,(H,23,25). The van der Waals surface area contributed by atoms with E-state index in [4.69, 9.17) is 4.74 Å². The minimum absolute atomic E-state index is 0.0920. The number of phenolic OH excluding ortho intramolecular Hbond substituents is 1. The molecule has 1 aliphatic carbocycles. The number of carbonyl (C=O) groups is 1. The third-order valence-electron chi connectivity index (χ3n) is 4.66. The van der Waals surface area contributed by atoms with Gasteiger partial charge in [-0.25, -0.2) is 12.8 Å². The molecule has 0 bridgehead atoms. The molecule has 1 saturated carbocycles. The Morgan fingerprint density at radius 3 is 2.69 bits per heavy atom. The number of methoxy groups -OCH3 is 1. The van der Waals surface area contributed by atoms with E-state index < -0.39 is 33.1 Å². The van der Waals surface area contributed by atoms with E-state index in [0.29, 0.717) is 4.47 Å². The number of carbonyl (C=O) groups excluding carboxylic acids is 1. The number of benzene rings is 2. The summed E-state index contributed by atoms with van der Waals surface area (Å²) in [5.74, 6) is -2.37. The van der Waals surface area contributed by atoms with Crippen molar-refractivity contribution in [1.29, 1.82) is 0 Å². The number of hydrogen-bond donors (Lipinski definition) is 2. The molecule has 29 heavy (non-hydrogen) atoms. The number of rotatable bonds is 8. The van der Waals surface area contributed by atoms with Gasteiger partial charge in [0.2, 0.25) is 0 Å². The van der Waals surface area contributed by atoms with E-state index >= 15 is 4.39 Å². The van der Waals surface area contributed by atoms with Crippen LogP contribution in [0.3, 0.4) is 0 Å². The SMILES string of the molecule is COCCNC(=O)c1cc(C2CC2)cc(CS(=O)(=O)c2cc(Br)ccc2O)c1F. The zero-order valence-corrected chi connectivity index (χ0v) is 18.1. The van der Waals surface area contributed by atoms with Crippen molar-refractivity contribution in [1.82, 2.24) is 5.32 Å².